The van der Waals surface area contributed by atoms with Gasteiger partial charge in [-0.25, -0.2) is 18.8 Å². The first-order valence-corrected chi connectivity index (χ1v) is 20.0. The monoisotopic (exact) mass is 821 g/mol. The lowest BCUT2D eigenvalue weighted by Gasteiger charge is -2.49. The Morgan fingerprint density at radius 3 is 2.21 bits per heavy atom. The molecule has 0 bridgehead atoms. The predicted molar refractivity (Wildman–Crippen MR) is 214 cm³/mol. The third kappa shape index (κ3) is 9.24. The third-order valence-corrected chi connectivity index (χ3v) is 10.8. The molecule has 6 rings (SSSR count). The molecule has 1 N–H and O–H groups in total. The highest BCUT2D eigenvalue weighted by Gasteiger charge is 2.55. The Morgan fingerprint density at radius 1 is 0.897 bits per heavy atom. The molecule has 3 aliphatic rings. The fourth-order valence-electron chi connectivity index (χ4n) is 6.81. The van der Waals surface area contributed by atoms with Crippen molar-refractivity contribution in [2.45, 2.75) is 77.6 Å². The van der Waals surface area contributed by atoms with E-state index >= 15 is 4.39 Å². The molecule has 15 nitrogen and oxygen atoms in total. The van der Waals surface area contributed by atoms with Crippen LogP contribution in [0.3, 0.4) is 0 Å². The lowest BCUT2D eigenvalue weighted by molar-refractivity contribution is -0.159. The summed E-state index contributed by atoms with van der Waals surface area (Å²) in [5.41, 5.74) is -1.52. The van der Waals surface area contributed by atoms with Gasteiger partial charge in [0.15, 0.2) is 12.0 Å². The number of carbonyl (C=O) groups is 5. The van der Waals surface area contributed by atoms with Gasteiger partial charge in [-0.3, -0.25) is 19.3 Å². The average Bonchev–Trinajstić information content (AvgIpc) is 3.16. The van der Waals surface area contributed by atoms with Crippen molar-refractivity contribution in [1.82, 2.24) is 19.7 Å². The maximum absolute atomic E-state index is 15.6. The molecule has 2 aromatic carbocycles. The zero-order valence-electron chi connectivity index (χ0n) is 33.6. The van der Waals surface area contributed by atoms with Gasteiger partial charge in [-0.05, 0) is 72.7 Å². The highest BCUT2D eigenvalue weighted by atomic mass is 32.2. The Hall–Kier alpha value is -5.58. The molecule has 0 unspecified atom stereocenters. The van der Waals surface area contributed by atoms with Crippen molar-refractivity contribution in [2.75, 3.05) is 50.0 Å². The Morgan fingerprint density at radius 2 is 1.57 bits per heavy atom. The molecule has 310 valence electrons. The van der Waals surface area contributed by atoms with Gasteiger partial charge in [0.2, 0.25) is 0 Å². The van der Waals surface area contributed by atoms with Crippen LogP contribution in [0.2, 0.25) is 0 Å². The Labute approximate surface area is 339 Å². The third-order valence-electron chi connectivity index (χ3n) is 9.42. The van der Waals surface area contributed by atoms with Gasteiger partial charge in [-0.2, -0.15) is 0 Å². The van der Waals surface area contributed by atoms with Crippen molar-refractivity contribution in [3.8, 4) is 5.75 Å². The molecular weight excluding hydrogens is 774 g/mol. The van der Waals surface area contributed by atoms with E-state index in [1.54, 1.807) is 87.1 Å². The molecule has 0 aliphatic carbocycles. The lowest BCUT2D eigenvalue weighted by atomic mass is 10.0. The number of esters is 2. The molecule has 0 spiro atoms. The minimum atomic E-state index is -0.932. The highest BCUT2D eigenvalue weighted by Crippen LogP contribution is 2.41. The number of rotatable bonds is 10. The number of pyridine rings is 1. The summed E-state index contributed by atoms with van der Waals surface area (Å²) in [6.45, 7) is 12.8. The van der Waals surface area contributed by atoms with Gasteiger partial charge in [0.05, 0.1) is 11.2 Å². The summed E-state index contributed by atoms with van der Waals surface area (Å²) in [6, 6.07) is 11.6. The number of aryl methyl sites for hydroxylation is 1. The van der Waals surface area contributed by atoms with Crippen LogP contribution in [0.15, 0.2) is 64.6 Å². The number of nitrogens with one attached hydrogen (secondary N) is 1. The minimum Gasteiger partial charge on any atom is -0.484 e. The first-order valence-electron chi connectivity index (χ1n) is 19.0. The maximum Gasteiger partial charge on any atom is 0.410 e. The zero-order valence-corrected chi connectivity index (χ0v) is 34.4. The van der Waals surface area contributed by atoms with Crippen molar-refractivity contribution in [3.05, 3.63) is 81.5 Å². The molecule has 17 heteroatoms. The van der Waals surface area contributed by atoms with Crippen LogP contribution < -0.4 is 20.4 Å². The van der Waals surface area contributed by atoms with E-state index in [9.17, 15) is 28.8 Å². The fourth-order valence-corrected chi connectivity index (χ4v) is 8.13. The van der Waals surface area contributed by atoms with E-state index in [4.69, 9.17) is 18.9 Å². The Kier molecular flexibility index (Phi) is 12.1. The first-order chi connectivity index (χ1) is 27.3. The van der Waals surface area contributed by atoms with Crippen LogP contribution in [0.4, 0.5) is 14.9 Å². The van der Waals surface area contributed by atoms with Gasteiger partial charge in [-0.1, -0.05) is 18.2 Å². The van der Waals surface area contributed by atoms with E-state index in [0.29, 0.717) is 43.0 Å². The van der Waals surface area contributed by atoms with E-state index in [0.717, 1.165) is 12.1 Å². The first kappa shape index (κ1) is 42.0. The van der Waals surface area contributed by atoms with Gasteiger partial charge in [0.25, 0.3) is 11.8 Å². The molecule has 58 heavy (non-hydrogen) atoms. The van der Waals surface area contributed by atoms with Gasteiger partial charge in [0.1, 0.15) is 52.2 Å². The fraction of sp³-hybridized carbons (Fsp3) is 0.463. The van der Waals surface area contributed by atoms with Crippen LogP contribution in [0, 0.1) is 5.82 Å². The molecule has 3 amide bonds. The Bertz CT molecular complexity index is 2210. The molecule has 3 aromatic rings. The molecular formula is C41H48FN5O10S. The number of hydrogen-bond donors (Lipinski definition) is 1. The van der Waals surface area contributed by atoms with Crippen LogP contribution in [0.25, 0.3) is 10.9 Å². The van der Waals surface area contributed by atoms with Gasteiger partial charge >= 0.3 is 18.0 Å². The van der Waals surface area contributed by atoms with Gasteiger partial charge in [0, 0.05) is 55.5 Å². The SMILES string of the molecule is CCn1c(C(=O)OCC2=C(C(=O)OC(C)(C)C)N3C(=O)[C@@H](NC(=O)COc4ccccc4)[C@H]3SC2)cc(=O)c2cc(F)c(N3CCN(C(=O)OC(C)(C)C)CC3)cc21. The van der Waals surface area contributed by atoms with Crippen molar-refractivity contribution in [3.63, 3.8) is 0 Å². The number of thioether (sulfide) groups is 1. The highest BCUT2D eigenvalue weighted by molar-refractivity contribution is 8.00. The molecule has 0 radical (unpaired) electrons. The second-order valence-corrected chi connectivity index (χ2v) is 17.1. The second-order valence-electron chi connectivity index (χ2n) is 16.0. The molecule has 3 aliphatic heterocycles. The smallest absolute Gasteiger partial charge is 0.410 e. The van der Waals surface area contributed by atoms with Crippen LogP contribution >= 0.6 is 11.8 Å². The van der Waals surface area contributed by atoms with Crippen molar-refractivity contribution in [1.29, 1.82) is 0 Å². The number of hydrogen-bond acceptors (Lipinski definition) is 12. The van der Waals surface area contributed by atoms with Crippen molar-refractivity contribution >= 4 is 58.2 Å². The summed E-state index contributed by atoms with van der Waals surface area (Å²) in [7, 11) is 0. The van der Waals surface area contributed by atoms with E-state index in [2.05, 4.69) is 5.32 Å². The number of halogens is 1. The van der Waals surface area contributed by atoms with Gasteiger partial charge in [-0.15, -0.1) is 11.8 Å². The Balaban J connectivity index is 1.20. The van der Waals surface area contributed by atoms with Gasteiger partial charge < -0.3 is 38.6 Å². The van der Waals surface area contributed by atoms with Crippen LogP contribution in [0.1, 0.15) is 59.0 Å². The molecule has 0 saturated carbocycles. The standard InChI is InChI=1S/C41H48FN5O10S/c1-8-46-28-19-29(44-14-16-45(17-15-44)39(53)57-41(5,6)7)27(42)18-26(28)31(48)20-30(46)37(51)55-21-24-23-58-36-33(43-32(49)22-54-25-12-10-9-11-13-25)35(50)47(36)34(24)38(52)56-40(2,3)4/h9-13,18-20,33,36H,8,14-17,21-23H2,1-7H3,(H,43,49)/t33-,36-/m1/s1. The number of piperazine rings is 1. The number of anilines is 1. The quantitative estimate of drug-likeness (QED) is 0.174. The number of benzene rings is 2. The summed E-state index contributed by atoms with van der Waals surface area (Å²) in [6.07, 6.45) is -0.454. The maximum atomic E-state index is 15.6. The molecule has 2 fully saturated rings. The average molecular weight is 822 g/mol. The second kappa shape index (κ2) is 16.7. The lowest BCUT2D eigenvalue weighted by Crippen LogP contribution is -2.71. The summed E-state index contributed by atoms with van der Waals surface area (Å²) in [5.74, 6) is -2.70. The molecule has 4 heterocycles. The number of β-lactam (4-membered cyclic amide) rings is 1. The van der Waals surface area contributed by atoms with Crippen LogP contribution in [-0.4, -0.2) is 112 Å². The van der Waals surface area contributed by atoms with E-state index in [1.165, 1.54) is 22.7 Å². The summed E-state index contributed by atoms with van der Waals surface area (Å²) in [5, 5.41) is 2.13. The number of aromatic nitrogens is 1. The zero-order chi connectivity index (χ0) is 42.1. The molecule has 1 aromatic heterocycles. The number of para-hydroxylation sites is 1. The minimum absolute atomic E-state index is 0.0706. The summed E-state index contributed by atoms with van der Waals surface area (Å²) in [4.78, 5) is 84.2. The summed E-state index contributed by atoms with van der Waals surface area (Å²) < 4.78 is 39.5. The number of fused-ring (bicyclic) bond motifs is 2. The number of carbonyl (C=O) groups excluding carboxylic acids is 5. The normalized spacial score (nSPS) is 18.3. The predicted octanol–water partition coefficient (Wildman–Crippen LogP) is 4.45. The molecule has 2 saturated heterocycles. The van der Waals surface area contributed by atoms with Crippen LogP contribution in [-0.2, 0) is 35.1 Å². The van der Waals surface area contributed by atoms with Crippen LogP contribution in [0.5, 0.6) is 5.75 Å². The topological polar surface area (TPSA) is 166 Å². The largest absolute Gasteiger partial charge is 0.484 e. The van der Waals surface area contributed by atoms with E-state index < -0.39 is 70.3 Å². The van der Waals surface area contributed by atoms with Crippen molar-refractivity contribution in [2.24, 2.45) is 0 Å². The van der Waals surface area contributed by atoms with E-state index in [1.807, 2.05) is 6.07 Å². The van der Waals surface area contributed by atoms with Crippen molar-refractivity contribution < 1.29 is 47.3 Å². The van der Waals surface area contributed by atoms with E-state index in [-0.39, 0.29) is 41.4 Å². The summed E-state index contributed by atoms with van der Waals surface area (Å²) >= 11 is 1.28. The number of ether oxygens (including phenoxy) is 4. The number of amides is 3. The number of nitrogens with zero attached hydrogens (tertiary/aromatic N) is 4. The molecule has 2 atom stereocenters.